The largest absolute Gasteiger partial charge is 0.504 e. The van der Waals surface area contributed by atoms with E-state index in [0.717, 1.165) is 42.5 Å². The van der Waals surface area contributed by atoms with Gasteiger partial charge >= 0.3 is 0 Å². The highest BCUT2D eigenvalue weighted by molar-refractivity contribution is 5.72. The summed E-state index contributed by atoms with van der Waals surface area (Å²) in [6.07, 6.45) is 5.53. The first-order valence-corrected chi connectivity index (χ1v) is 11.7. The zero-order chi connectivity index (χ0) is 24.0. The van der Waals surface area contributed by atoms with Crippen LogP contribution in [0.3, 0.4) is 0 Å². The molecule has 0 saturated heterocycles. The highest BCUT2D eigenvalue weighted by atomic mass is 16.6. The molecule has 2 fully saturated rings. The Bertz CT molecular complexity index is 1150. The number of nitro groups is 1. The van der Waals surface area contributed by atoms with Crippen molar-refractivity contribution in [1.82, 2.24) is 5.48 Å². The third-order valence-electron chi connectivity index (χ3n) is 8.28. The molecule has 0 bridgehead atoms. The van der Waals surface area contributed by atoms with E-state index in [2.05, 4.69) is 18.5 Å². The van der Waals surface area contributed by atoms with Gasteiger partial charge < -0.3 is 14.9 Å². The molecule has 0 spiro atoms. The molecule has 2 saturated carbocycles. The first-order valence-electron chi connectivity index (χ1n) is 11.7. The van der Waals surface area contributed by atoms with Crippen molar-refractivity contribution in [3.05, 3.63) is 69.3 Å². The predicted molar refractivity (Wildman–Crippen MR) is 126 cm³/mol. The van der Waals surface area contributed by atoms with E-state index in [4.69, 9.17) is 9.57 Å². The number of nitro benzene ring substituents is 1. The van der Waals surface area contributed by atoms with Crippen LogP contribution >= 0.6 is 0 Å². The fourth-order valence-electron chi connectivity index (χ4n) is 6.42. The summed E-state index contributed by atoms with van der Waals surface area (Å²) in [6, 6.07) is 10.1. The van der Waals surface area contributed by atoms with Gasteiger partial charge in [-0.2, -0.15) is 0 Å². The Morgan fingerprint density at radius 1 is 1.24 bits per heavy atom. The topological polar surface area (TPSA) is 114 Å². The Balaban J connectivity index is 1.47. The van der Waals surface area contributed by atoms with E-state index in [-0.39, 0.29) is 41.4 Å². The van der Waals surface area contributed by atoms with Gasteiger partial charge in [0.2, 0.25) is 0 Å². The van der Waals surface area contributed by atoms with E-state index in [0.29, 0.717) is 17.2 Å². The molecule has 3 N–H and O–H groups in total. The number of allylic oxidation sites excluding steroid dienone is 1. The Morgan fingerprint density at radius 2 is 2.03 bits per heavy atom. The number of rotatable bonds is 6. The number of para-hydroxylation sites is 1. The maximum atomic E-state index is 11.3. The molecular weight excluding hydrogens is 436 g/mol. The lowest BCUT2D eigenvalue weighted by Gasteiger charge is -2.49. The molecule has 5 rings (SSSR count). The molecule has 3 aliphatic rings. The van der Waals surface area contributed by atoms with Gasteiger partial charge in [0, 0.05) is 11.6 Å². The molecule has 0 aliphatic heterocycles. The van der Waals surface area contributed by atoms with Crippen molar-refractivity contribution < 1.29 is 24.7 Å². The zero-order valence-corrected chi connectivity index (χ0v) is 19.4. The normalized spacial score (nSPS) is 29.4. The number of benzene rings is 2. The van der Waals surface area contributed by atoms with Crippen molar-refractivity contribution in [3.63, 3.8) is 0 Å². The maximum absolute atomic E-state index is 11.3. The summed E-state index contributed by atoms with van der Waals surface area (Å²) in [6.45, 7) is 2.21. The molecule has 2 aromatic carbocycles. The Morgan fingerprint density at radius 3 is 2.79 bits per heavy atom. The van der Waals surface area contributed by atoms with Crippen LogP contribution in [-0.4, -0.2) is 28.4 Å². The zero-order valence-electron chi connectivity index (χ0n) is 19.4. The number of ether oxygens (including phenoxy) is 1. The number of fused-ring (bicyclic) bond motifs is 5. The van der Waals surface area contributed by atoms with Crippen LogP contribution in [0.4, 0.5) is 5.69 Å². The van der Waals surface area contributed by atoms with Gasteiger partial charge in [-0.25, -0.2) is 0 Å². The van der Waals surface area contributed by atoms with Gasteiger partial charge in [0.05, 0.1) is 29.4 Å². The van der Waals surface area contributed by atoms with Gasteiger partial charge in [-0.05, 0) is 72.6 Å². The highest BCUT2D eigenvalue weighted by Gasteiger charge is 2.54. The highest BCUT2D eigenvalue weighted by Crippen LogP contribution is 2.61. The van der Waals surface area contributed by atoms with Gasteiger partial charge in [-0.15, -0.1) is 0 Å². The minimum Gasteiger partial charge on any atom is -0.504 e. The van der Waals surface area contributed by atoms with Crippen molar-refractivity contribution in [1.29, 1.82) is 0 Å². The van der Waals surface area contributed by atoms with E-state index < -0.39 is 4.92 Å². The molecule has 8 heteroatoms. The quantitative estimate of drug-likeness (QED) is 0.419. The third-order valence-corrected chi connectivity index (χ3v) is 8.28. The average Bonchev–Trinajstić information content (AvgIpc) is 3.13. The maximum Gasteiger partial charge on any atom is 0.275 e. The van der Waals surface area contributed by atoms with Gasteiger partial charge in [-0.1, -0.05) is 25.1 Å². The van der Waals surface area contributed by atoms with Crippen molar-refractivity contribution in [3.8, 4) is 11.5 Å². The van der Waals surface area contributed by atoms with Crippen LogP contribution < -0.4 is 10.2 Å². The van der Waals surface area contributed by atoms with Crippen LogP contribution in [0.25, 0.3) is 5.70 Å². The Labute approximate surface area is 198 Å². The Kier molecular flexibility index (Phi) is 5.73. The number of hydrogen-bond acceptors (Lipinski definition) is 7. The van der Waals surface area contributed by atoms with Crippen molar-refractivity contribution in [2.75, 3.05) is 7.11 Å². The molecule has 180 valence electrons. The van der Waals surface area contributed by atoms with Crippen LogP contribution in [0.15, 0.2) is 42.5 Å². The van der Waals surface area contributed by atoms with Crippen molar-refractivity contribution in [2.45, 2.75) is 51.2 Å². The van der Waals surface area contributed by atoms with Crippen LogP contribution in [0, 0.1) is 27.4 Å². The number of nitrogens with one attached hydrogen (secondary N) is 1. The molecule has 0 aromatic heterocycles. The number of hydroxylamine groups is 1. The summed E-state index contributed by atoms with van der Waals surface area (Å²) in [5.41, 5.74) is 6.02. The monoisotopic (exact) mass is 466 g/mol. The minimum absolute atomic E-state index is 0.00718. The molecule has 8 nitrogen and oxygen atoms in total. The SMILES string of the molecule is COc1cc2c(cc1O)C(NOCc1ccccc1[N+](=O)[O-])=C[C@@H]1[C@@H]2CC[C@]2(C)[C@@H](O)CC[C@@H]12. The summed E-state index contributed by atoms with van der Waals surface area (Å²) in [4.78, 5) is 16.7. The number of aliphatic hydroxyl groups excluding tert-OH is 1. The molecule has 2 aromatic rings. The van der Waals surface area contributed by atoms with Gasteiger partial charge in [-0.3, -0.25) is 20.4 Å². The second-order valence-corrected chi connectivity index (χ2v) is 9.90. The average molecular weight is 467 g/mol. The van der Waals surface area contributed by atoms with Crippen LogP contribution in [0.1, 0.15) is 55.2 Å². The standard InChI is InChI=1S/C26H30N2O6/c1-26-10-9-16-17-13-24(33-2)23(29)12-19(17)21(11-18(16)20(26)7-8-25(26)30)27-34-14-15-5-3-4-6-22(15)28(31)32/h3-6,11-13,16,18,20,25,27,29-30H,7-10,14H2,1-2H3/t16-,18-,20+,25+,26+/m1/s1. The predicted octanol–water partition coefficient (Wildman–Crippen LogP) is 4.66. The summed E-state index contributed by atoms with van der Waals surface area (Å²) in [5, 5.41) is 32.5. The molecule has 5 atom stereocenters. The summed E-state index contributed by atoms with van der Waals surface area (Å²) >= 11 is 0. The van der Waals surface area contributed by atoms with Crippen molar-refractivity contribution >= 4 is 11.4 Å². The van der Waals surface area contributed by atoms with E-state index >= 15 is 0 Å². The van der Waals surface area contributed by atoms with Gasteiger partial charge in [0.15, 0.2) is 11.5 Å². The lowest BCUT2D eigenvalue weighted by molar-refractivity contribution is -0.386. The van der Waals surface area contributed by atoms with Crippen LogP contribution in [0.2, 0.25) is 0 Å². The molecule has 0 heterocycles. The number of hydrogen-bond donors (Lipinski definition) is 3. The number of phenols is 1. The number of methoxy groups -OCH3 is 1. The fraction of sp³-hybridized carbons (Fsp3) is 0.462. The number of aromatic hydroxyl groups is 1. The minimum atomic E-state index is -0.420. The van der Waals surface area contributed by atoms with Crippen molar-refractivity contribution in [2.24, 2.45) is 17.3 Å². The van der Waals surface area contributed by atoms with E-state index in [1.54, 1.807) is 24.3 Å². The molecular formula is C26H30N2O6. The summed E-state index contributed by atoms with van der Waals surface area (Å²) in [7, 11) is 1.54. The van der Waals surface area contributed by atoms with Gasteiger partial charge in [0.1, 0.15) is 6.61 Å². The first kappa shape index (κ1) is 22.7. The lowest BCUT2D eigenvalue weighted by atomic mass is 9.56. The smallest absolute Gasteiger partial charge is 0.275 e. The lowest BCUT2D eigenvalue weighted by Crippen LogP contribution is -2.43. The molecule has 3 aliphatic carbocycles. The van der Waals surface area contributed by atoms with Gasteiger partial charge in [0.25, 0.3) is 5.69 Å². The van der Waals surface area contributed by atoms with E-state index in [9.17, 15) is 20.3 Å². The number of phenolic OH excluding ortho intramolecular Hbond substituents is 1. The number of aliphatic hydroxyl groups is 1. The second kappa shape index (κ2) is 8.60. The molecule has 0 radical (unpaired) electrons. The second-order valence-electron chi connectivity index (χ2n) is 9.90. The van der Waals surface area contributed by atoms with E-state index in [1.165, 1.54) is 13.2 Å². The fourth-order valence-corrected chi connectivity index (χ4v) is 6.42. The van der Waals surface area contributed by atoms with E-state index in [1.807, 2.05) is 6.07 Å². The van der Waals surface area contributed by atoms with Crippen LogP contribution in [-0.2, 0) is 11.4 Å². The summed E-state index contributed by atoms with van der Waals surface area (Å²) in [5.74, 6) is 1.27. The summed E-state index contributed by atoms with van der Waals surface area (Å²) < 4.78 is 5.40. The van der Waals surface area contributed by atoms with Crippen LogP contribution in [0.5, 0.6) is 11.5 Å². The molecule has 0 amide bonds. The molecule has 34 heavy (non-hydrogen) atoms. The first-order chi connectivity index (χ1) is 16.3. The third kappa shape index (κ3) is 3.61. The number of nitrogens with zero attached hydrogens (tertiary/aromatic N) is 1. The Hall–Kier alpha value is -3.10. The molecule has 0 unspecified atom stereocenters.